The van der Waals surface area contributed by atoms with Crippen LogP contribution in [0.25, 0.3) is 0 Å². The number of rotatable bonds is 6. The Morgan fingerprint density at radius 2 is 1.72 bits per heavy atom. The molecule has 6 heteroatoms. The van der Waals surface area contributed by atoms with Gasteiger partial charge in [0.2, 0.25) is 5.60 Å². The highest BCUT2D eigenvalue weighted by molar-refractivity contribution is 5.88. The lowest BCUT2D eigenvalue weighted by molar-refractivity contribution is -0.194. The van der Waals surface area contributed by atoms with Crippen molar-refractivity contribution in [2.45, 2.75) is 11.7 Å². The predicted octanol–water partition coefficient (Wildman–Crippen LogP) is 0.712. The average Bonchev–Trinajstić information content (AvgIpc) is 2.35. The molecule has 0 amide bonds. The Morgan fingerprint density at radius 1 is 1.17 bits per heavy atom. The second-order valence-corrected chi connectivity index (χ2v) is 3.56. The van der Waals surface area contributed by atoms with E-state index in [2.05, 4.69) is 0 Å². The summed E-state index contributed by atoms with van der Waals surface area (Å²) in [5.74, 6) is -2.84. The molecule has 1 aromatic carbocycles. The zero-order valence-corrected chi connectivity index (χ0v) is 9.99. The molecular weight excluding hydrogens is 240 g/mol. The first kappa shape index (κ1) is 14.1. The molecule has 0 aliphatic carbocycles. The van der Waals surface area contributed by atoms with E-state index in [1.165, 1.54) is 12.1 Å². The molecule has 0 aliphatic heterocycles. The SMILES string of the molecule is COC(C(=O)O)C(OC)(C(=O)O)c1ccccc1. The van der Waals surface area contributed by atoms with Crippen molar-refractivity contribution in [2.24, 2.45) is 0 Å². The standard InChI is InChI=1S/C12H14O6/c1-17-9(10(13)14)12(18-2,11(15)16)8-6-4-3-5-7-8/h3-7,9H,1-2H3,(H,13,14)(H,15,16). The Morgan fingerprint density at radius 3 is 2.06 bits per heavy atom. The lowest BCUT2D eigenvalue weighted by Crippen LogP contribution is -2.53. The molecule has 0 fully saturated rings. The first-order valence-corrected chi connectivity index (χ1v) is 5.10. The van der Waals surface area contributed by atoms with E-state index in [0.29, 0.717) is 0 Å². The Labute approximate surface area is 104 Å². The summed E-state index contributed by atoms with van der Waals surface area (Å²) in [6.07, 6.45) is -1.65. The molecule has 0 saturated carbocycles. The van der Waals surface area contributed by atoms with Crippen LogP contribution in [0.3, 0.4) is 0 Å². The minimum Gasteiger partial charge on any atom is -0.479 e. The molecule has 0 bridgehead atoms. The zero-order valence-electron chi connectivity index (χ0n) is 9.99. The number of carbonyl (C=O) groups is 2. The molecule has 1 aromatic rings. The topological polar surface area (TPSA) is 93.1 Å². The van der Waals surface area contributed by atoms with Gasteiger partial charge in [-0.2, -0.15) is 0 Å². The number of carboxylic acids is 2. The summed E-state index contributed by atoms with van der Waals surface area (Å²) < 4.78 is 9.77. The van der Waals surface area contributed by atoms with Crippen LogP contribution in [0.1, 0.15) is 5.56 Å². The molecular formula is C12H14O6. The average molecular weight is 254 g/mol. The summed E-state index contributed by atoms with van der Waals surface area (Å²) in [5.41, 5.74) is -1.88. The molecule has 0 aliphatic rings. The van der Waals surface area contributed by atoms with Gasteiger partial charge in [0.05, 0.1) is 0 Å². The van der Waals surface area contributed by atoms with Gasteiger partial charge in [-0.15, -0.1) is 0 Å². The highest BCUT2D eigenvalue weighted by Crippen LogP contribution is 2.31. The normalized spacial score (nSPS) is 15.7. The van der Waals surface area contributed by atoms with E-state index in [0.717, 1.165) is 14.2 Å². The van der Waals surface area contributed by atoms with Crippen LogP contribution in [-0.2, 0) is 24.7 Å². The molecule has 2 atom stereocenters. The monoisotopic (exact) mass is 254 g/mol. The Balaban J connectivity index is 3.43. The number of methoxy groups -OCH3 is 2. The van der Waals surface area contributed by atoms with Gasteiger partial charge < -0.3 is 19.7 Å². The van der Waals surface area contributed by atoms with Crippen molar-refractivity contribution in [1.82, 2.24) is 0 Å². The van der Waals surface area contributed by atoms with Gasteiger partial charge in [-0.3, -0.25) is 0 Å². The molecule has 2 N–H and O–H groups in total. The van der Waals surface area contributed by atoms with Crippen molar-refractivity contribution >= 4 is 11.9 Å². The molecule has 0 spiro atoms. The van der Waals surface area contributed by atoms with Gasteiger partial charge in [0, 0.05) is 14.2 Å². The van der Waals surface area contributed by atoms with E-state index < -0.39 is 23.6 Å². The summed E-state index contributed by atoms with van der Waals surface area (Å²) in [6.45, 7) is 0. The Hall–Kier alpha value is -1.92. The zero-order chi connectivity index (χ0) is 13.8. The molecule has 0 radical (unpaired) electrons. The maximum Gasteiger partial charge on any atom is 0.344 e. The maximum atomic E-state index is 11.5. The lowest BCUT2D eigenvalue weighted by Gasteiger charge is -2.32. The van der Waals surface area contributed by atoms with Crippen LogP contribution in [0.5, 0.6) is 0 Å². The predicted molar refractivity (Wildman–Crippen MR) is 61.2 cm³/mol. The number of aliphatic carboxylic acids is 2. The number of carboxylic acid groups (broad SMARTS) is 2. The third-order valence-corrected chi connectivity index (χ3v) is 2.67. The van der Waals surface area contributed by atoms with E-state index >= 15 is 0 Å². The van der Waals surface area contributed by atoms with E-state index in [-0.39, 0.29) is 5.56 Å². The van der Waals surface area contributed by atoms with Gasteiger partial charge in [0.1, 0.15) is 0 Å². The van der Waals surface area contributed by atoms with Crippen molar-refractivity contribution < 1.29 is 29.3 Å². The maximum absolute atomic E-state index is 11.5. The van der Waals surface area contributed by atoms with Gasteiger partial charge in [-0.1, -0.05) is 30.3 Å². The molecule has 0 heterocycles. The second-order valence-electron chi connectivity index (χ2n) is 3.56. The number of hydrogen-bond donors (Lipinski definition) is 2. The van der Waals surface area contributed by atoms with E-state index in [9.17, 15) is 14.7 Å². The molecule has 0 aromatic heterocycles. The van der Waals surface area contributed by atoms with Gasteiger partial charge in [0.15, 0.2) is 6.10 Å². The van der Waals surface area contributed by atoms with E-state index in [1.807, 2.05) is 0 Å². The fraction of sp³-hybridized carbons (Fsp3) is 0.333. The van der Waals surface area contributed by atoms with Crippen LogP contribution in [0, 0.1) is 0 Å². The van der Waals surface area contributed by atoms with Crippen LogP contribution in [0.2, 0.25) is 0 Å². The van der Waals surface area contributed by atoms with Crippen molar-refractivity contribution in [3.05, 3.63) is 35.9 Å². The number of hydrogen-bond acceptors (Lipinski definition) is 4. The highest BCUT2D eigenvalue weighted by Gasteiger charge is 2.52. The number of benzene rings is 1. The molecule has 6 nitrogen and oxygen atoms in total. The Kier molecular flexibility index (Phi) is 4.41. The van der Waals surface area contributed by atoms with Crippen molar-refractivity contribution in [1.29, 1.82) is 0 Å². The van der Waals surface area contributed by atoms with Crippen molar-refractivity contribution in [2.75, 3.05) is 14.2 Å². The quantitative estimate of drug-likeness (QED) is 0.776. The molecule has 1 rings (SSSR count). The summed E-state index contributed by atoms with van der Waals surface area (Å²) in [7, 11) is 2.26. The Bertz CT molecular complexity index is 429. The van der Waals surface area contributed by atoms with Crippen LogP contribution in [0.15, 0.2) is 30.3 Å². The smallest absolute Gasteiger partial charge is 0.344 e. The molecule has 18 heavy (non-hydrogen) atoms. The summed E-state index contributed by atoms with van der Waals surface area (Å²) >= 11 is 0. The minimum absolute atomic E-state index is 0.203. The van der Waals surface area contributed by atoms with Gasteiger partial charge in [0.25, 0.3) is 0 Å². The van der Waals surface area contributed by atoms with E-state index in [4.69, 9.17) is 14.6 Å². The fourth-order valence-corrected chi connectivity index (χ4v) is 1.83. The lowest BCUT2D eigenvalue weighted by atomic mass is 9.87. The molecule has 0 saturated heterocycles. The third-order valence-electron chi connectivity index (χ3n) is 2.67. The second kappa shape index (κ2) is 5.61. The first-order chi connectivity index (χ1) is 8.50. The summed E-state index contributed by atoms with van der Waals surface area (Å²) in [5, 5.41) is 18.4. The van der Waals surface area contributed by atoms with Gasteiger partial charge in [-0.25, -0.2) is 9.59 Å². The van der Waals surface area contributed by atoms with Gasteiger partial charge >= 0.3 is 11.9 Å². The van der Waals surface area contributed by atoms with Crippen molar-refractivity contribution in [3.63, 3.8) is 0 Å². The molecule has 98 valence electrons. The summed E-state index contributed by atoms with van der Waals surface area (Å²) in [6, 6.07) is 7.84. The summed E-state index contributed by atoms with van der Waals surface area (Å²) in [4.78, 5) is 22.6. The van der Waals surface area contributed by atoms with Gasteiger partial charge in [-0.05, 0) is 5.56 Å². The van der Waals surface area contributed by atoms with Crippen LogP contribution in [0.4, 0.5) is 0 Å². The van der Waals surface area contributed by atoms with Crippen LogP contribution >= 0.6 is 0 Å². The fourth-order valence-electron chi connectivity index (χ4n) is 1.83. The highest BCUT2D eigenvalue weighted by atomic mass is 16.6. The van der Waals surface area contributed by atoms with Crippen LogP contribution in [-0.4, -0.2) is 42.5 Å². The first-order valence-electron chi connectivity index (χ1n) is 5.10. The molecule has 2 unspecified atom stereocenters. The minimum atomic E-state index is -2.08. The number of ether oxygens (including phenoxy) is 2. The van der Waals surface area contributed by atoms with E-state index in [1.54, 1.807) is 18.2 Å². The third kappa shape index (κ3) is 2.20. The van der Waals surface area contributed by atoms with Crippen molar-refractivity contribution in [3.8, 4) is 0 Å². The largest absolute Gasteiger partial charge is 0.479 e. The van der Waals surface area contributed by atoms with Crippen LogP contribution < -0.4 is 0 Å².